The molecule has 0 spiro atoms. The van der Waals surface area contributed by atoms with E-state index in [1.54, 1.807) is 11.3 Å². The lowest BCUT2D eigenvalue weighted by Crippen LogP contribution is -2.50. The summed E-state index contributed by atoms with van der Waals surface area (Å²) in [6.07, 6.45) is 6.86. The highest BCUT2D eigenvalue weighted by Crippen LogP contribution is 2.42. The largest absolute Gasteiger partial charge is 0.341 e. The number of aromatic nitrogens is 1. The summed E-state index contributed by atoms with van der Waals surface area (Å²) in [6.45, 7) is 6.75. The molecule has 3 fully saturated rings. The molecule has 2 aliphatic carbocycles. The van der Waals surface area contributed by atoms with Crippen molar-refractivity contribution in [2.75, 3.05) is 26.2 Å². The number of amides is 1. The average molecular weight is 413 g/mol. The first-order chi connectivity index (χ1) is 12.6. The Kier molecular flexibility index (Phi) is 7.17. The van der Waals surface area contributed by atoms with Crippen LogP contribution in [0, 0.1) is 24.7 Å². The minimum atomic E-state index is 0. The molecular formula is C20H33ClN4OS. The van der Waals surface area contributed by atoms with Crippen molar-refractivity contribution in [3.8, 4) is 0 Å². The van der Waals surface area contributed by atoms with E-state index in [0.717, 1.165) is 57.0 Å². The first-order valence-corrected chi connectivity index (χ1v) is 11.2. The van der Waals surface area contributed by atoms with Gasteiger partial charge in [-0.05, 0) is 50.9 Å². The van der Waals surface area contributed by atoms with Crippen LogP contribution in [0.1, 0.15) is 49.2 Å². The minimum Gasteiger partial charge on any atom is -0.341 e. The highest BCUT2D eigenvalue weighted by Gasteiger charge is 2.41. The zero-order valence-electron chi connectivity index (χ0n) is 16.3. The molecule has 2 N–H and O–H groups in total. The van der Waals surface area contributed by atoms with Crippen molar-refractivity contribution >= 4 is 29.7 Å². The molecule has 7 heteroatoms. The van der Waals surface area contributed by atoms with E-state index >= 15 is 0 Å². The number of halogens is 1. The van der Waals surface area contributed by atoms with Crippen LogP contribution >= 0.6 is 23.7 Å². The Morgan fingerprint density at radius 2 is 1.93 bits per heavy atom. The number of hydrogen-bond donors (Lipinski definition) is 1. The summed E-state index contributed by atoms with van der Waals surface area (Å²) < 4.78 is 0. The normalized spacial score (nSPS) is 31.9. The molecule has 1 aromatic rings. The first kappa shape index (κ1) is 21.0. The maximum atomic E-state index is 13.2. The zero-order valence-corrected chi connectivity index (χ0v) is 17.9. The van der Waals surface area contributed by atoms with Gasteiger partial charge in [-0.3, -0.25) is 9.69 Å². The monoisotopic (exact) mass is 412 g/mol. The number of carbonyl (C=O) groups excluding carboxylic acids is 1. The van der Waals surface area contributed by atoms with Crippen molar-refractivity contribution in [1.29, 1.82) is 0 Å². The fourth-order valence-electron chi connectivity index (χ4n) is 5.31. The Morgan fingerprint density at radius 3 is 2.59 bits per heavy atom. The van der Waals surface area contributed by atoms with E-state index in [9.17, 15) is 4.79 Å². The van der Waals surface area contributed by atoms with Crippen molar-refractivity contribution in [3.63, 3.8) is 0 Å². The van der Waals surface area contributed by atoms with Gasteiger partial charge < -0.3 is 10.6 Å². The Bertz CT molecular complexity index is 625. The molecule has 1 aliphatic heterocycles. The van der Waals surface area contributed by atoms with Crippen LogP contribution in [-0.2, 0) is 11.3 Å². The molecule has 2 saturated carbocycles. The Labute approximate surface area is 173 Å². The highest BCUT2D eigenvalue weighted by molar-refractivity contribution is 7.09. The molecule has 3 aliphatic rings. The summed E-state index contributed by atoms with van der Waals surface area (Å²) in [4.78, 5) is 22.3. The number of carbonyl (C=O) groups is 1. The summed E-state index contributed by atoms with van der Waals surface area (Å²) >= 11 is 1.72. The molecule has 2 atom stereocenters. The van der Waals surface area contributed by atoms with E-state index in [1.165, 1.54) is 25.0 Å². The molecule has 1 aromatic heterocycles. The zero-order chi connectivity index (χ0) is 18.1. The third-order valence-corrected chi connectivity index (χ3v) is 7.54. The molecule has 2 unspecified atom stereocenters. The van der Waals surface area contributed by atoms with Gasteiger partial charge in [0, 0.05) is 50.1 Å². The Balaban J connectivity index is 0.00000210. The van der Waals surface area contributed by atoms with E-state index in [2.05, 4.69) is 27.1 Å². The lowest BCUT2D eigenvalue weighted by molar-refractivity contribution is -0.138. The molecule has 27 heavy (non-hydrogen) atoms. The van der Waals surface area contributed by atoms with Crippen molar-refractivity contribution in [3.05, 3.63) is 16.1 Å². The summed E-state index contributed by atoms with van der Waals surface area (Å²) in [5, 5.41) is 3.29. The van der Waals surface area contributed by atoms with E-state index in [0.29, 0.717) is 23.8 Å². The van der Waals surface area contributed by atoms with Crippen LogP contribution < -0.4 is 5.73 Å². The number of aryl methyl sites for hydroxylation is 1. The summed E-state index contributed by atoms with van der Waals surface area (Å²) in [7, 11) is 0. The lowest BCUT2D eigenvalue weighted by atomic mass is 9.65. The number of nitrogens with two attached hydrogens (primary N) is 1. The average Bonchev–Trinajstić information content (AvgIpc) is 2.87. The van der Waals surface area contributed by atoms with Crippen molar-refractivity contribution in [2.24, 2.45) is 23.5 Å². The summed E-state index contributed by atoms with van der Waals surface area (Å²) in [5.41, 5.74) is 7.57. The summed E-state index contributed by atoms with van der Waals surface area (Å²) in [6, 6.07) is 0.342. The van der Waals surface area contributed by atoms with E-state index in [1.807, 2.05) is 0 Å². The topological polar surface area (TPSA) is 62.5 Å². The number of hydrogen-bond acceptors (Lipinski definition) is 5. The van der Waals surface area contributed by atoms with Crippen LogP contribution in [0.3, 0.4) is 0 Å². The minimum absolute atomic E-state index is 0. The molecule has 2 bridgehead atoms. The molecule has 4 rings (SSSR count). The smallest absolute Gasteiger partial charge is 0.225 e. The van der Waals surface area contributed by atoms with E-state index < -0.39 is 0 Å². The van der Waals surface area contributed by atoms with Gasteiger partial charge in [0.05, 0.1) is 10.7 Å². The Hall–Kier alpha value is -0.690. The quantitative estimate of drug-likeness (QED) is 0.828. The second-order valence-electron chi connectivity index (χ2n) is 8.51. The standard InChI is InChI=1S/C20H32N4OS.ClH/c1-14-22-18(13-26-14)12-23-6-3-7-24(9-8-23)20(25)17-10-15-4-2-5-16(11-17)19(15)21;/h13,15-17,19H,2-12,21H2,1H3;1H. The van der Waals surface area contributed by atoms with Gasteiger partial charge in [-0.1, -0.05) is 6.42 Å². The molecule has 0 aromatic carbocycles. The van der Waals surface area contributed by atoms with Crippen LogP contribution in [0.2, 0.25) is 0 Å². The molecule has 152 valence electrons. The number of thiazole rings is 1. The van der Waals surface area contributed by atoms with Crippen LogP contribution in [-0.4, -0.2) is 52.9 Å². The van der Waals surface area contributed by atoms with Gasteiger partial charge in [0.15, 0.2) is 0 Å². The predicted molar refractivity (Wildman–Crippen MR) is 112 cm³/mol. The van der Waals surface area contributed by atoms with Gasteiger partial charge in [-0.2, -0.15) is 0 Å². The van der Waals surface area contributed by atoms with Gasteiger partial charge in [0.25, 0.3) is 0 Å². The van der Waals surface area contributed by atoms with Crippen LogP contribution in [0.15, 0.2) is 5.38 Å². The lowest BCUT2D eigenvalue weighted by Gasteiger charge is -2.44. The van der Waals surface area contributed by atoms with E-state index in [4.69, 9.17) is 5.73 Å². The van der Waals surface area contributed by atoms with Crippen LogP contribution in [0.5, 0.6) is 0 Å². The van der Waals surface area contributed by atoms with E-state index in [-0.39, 0.29) is 18.3 Å². The number of rotatable bonds is 3. The van der Waals surface area contributed by atoms with Crippen molar-refractivity contribution < 1.29 is 4.79 Å². The molecule has 5 nitrogen and oxygen atoms in total. The van der Waals surface area contributed by atoms with Gasteiger partial charge in [-0.25, -0.2) is 4.98 Å². The van der Waals surface area contributed by atoms with Gasteiger partial charge >= 0.3 is 0 Å². The van der Waals surface area contributed by atoms with Gasteiger partial charge in [0.2, 0.25) is 5.91 Å². The van der Waals surface area contributed by atoms with Crippen molar-refractivity contribution in [1.82, 2.24) is 14.8 Å². The fourth-order valence-corrected chi connectivity index (χ4v) is 5.91. The second-order valence-corrected chi connectivity index (χ2v) is 9.57. The maximum absolute atomic E-state index is 13.2. The molecule has 2 heterocycles. The van der Waals surface area contributed by atoms with Crippen molar-refractivity contribution in [2.45, 2.75) is 58.0 Å². The maximum Gasteiger partial charge on any atom is 0.225 e. The number of nitrogens with zero attached hydrogens (tertiary/aromatic N) is 3. The molecular weight excluding hydrogens is 380 g/mol. The predicted octanol–water partition coefficient (Wildman–Crippen LogP) is 3.06. The van der Waals surface area contributed by atoms with Crippen LogP contribution in [0.25, 0.3) is 0 Å². The number of fused-ring (bicyclic) bond motifs is 2. The third-order valence-electron chi connectivity index (χ3n) is 6.71. The van der Waals surface area contributed by atoms with Gasteiger partial charge in [-0.15, -0.1) is 23.7 Å². The van der Waals surface area contributed by atoms with Gasteiger partial charge in [0.1, 0.15) is 0 Å². The third kappa shape index (κ3) is 4.84. The SMILES string of the molecule is Cc1nc(CN2CCCN(C(=O)C3CC4CCCC(C3)C4N)CC2)cs1.Cl. The molecule has 1 amide bonds. The highest BCUT2D eigenvalue weighted by atomic mass is 35.5. The summed E-state index contributed by atoms with van der Waals surface area (Å²) in [5.74, 6) is 1.78. The fraction of sp³-hybridized carbons (Fsp3) is 0.800. The second kappa shape index (κ2) is 9.21. The first-order valence-electron chi connectivity index (χ1n) is 10.3. The Morgan fingerprint density at radius 1 is 1.19 bits per heavy atom. The molecule has 1 saturated heterocycles. The molecule has 0 radical (unpaired) electrons. The van der Waals surface area contributed by atoms with Crippen LogP contribution in [0.4, 0.5) is 0 Å².